The van der Waals surface area contributed by atoms with E-state index in [0.717, 1.165) is 0 Å². The van der Waals surface area contributed by atoms with E-state index in [9.17, 15) is 0 Å². The molecule has 10 heteroatoms. The summed E-state index contributed by atoms with van der Waals surface area (Å²) in [5.41, 5.74) is 9.47. The molecule has 2 N–H and O–H groups in total. The summed E-state index contributed by atoms with van der Waals surface area (Å²) >= 11 is -3.69. The number of allylic oxidation sites excluding steroid dienone is 8. The van der Waals surface area contributed by atoms with Crippen LogP contribution in [0.1, 0.15) is 204 Å². The maximum absolute atomic E-state index is 7.09. The van der Waals surface area contributed by atoms with E-state index in [1.54, 1.807) is 30.0 Å². The summed E-state index contributed by atoms with van der Waals surface area (Å²) in [7, 11) is 0. The molecule has 0 amide bonds. The Bertz CT molecular complexity index is 1310. The summed E-state index contributed by atoms with van der Waals surface area (Å²) in [6.07, 6.45) is 6.80. The Morgan fingerprint density at radius 3 is 0.948 bits per heavy atom. The van der Waals surface area contributed by atoms with Gasteiger partial charge in [0, 0.05) is 0 Å². The van der Waals surface area contributed by atoms with Gasteiger partial charge in [-0.3, -0.25) is 0 Å². The molecule has 0 radical (unpaired) electrons. The third-order valence-corrected chi connectivity index (χ3v) is 42.6. The SMILES string of the molecule is CCCCCC[Si](C)(OC(C)(C)C)[Ti+]([NH]C(C)(C)C)[C]1=C(C)C(C)=C(C)C1C.CCCCCC[Si](C)(OC(C)(C)C)[Ti+]([NH]C(C)(C)C)[C]1=C(C)C(C)=C(C)C1C.[Cl-].[Cl-]. The van der Waals surface area contributed by atoms with Crippen molar-refractivity contribution in [3.8, 4) is 0 Å². The first kappa shape index (κ1) is 61.3. The third-order valence-electron chi connectivity index (χ3n) is 12.0. The molecule has 0 saturated carbocycles. The third kappa shape index (κ3) is 19.1. The van der Waals surface area contributed by atoms with Crippen LogP contribution < -0.4 is 32.4 Å². The fourth-order valence-corrected chi connectivity index (χ4v) is 44.6. The Labute approximate surface area is 389 Å². The second-order valence-electron chi connectivity index (χ2n) is 22.1. The molecule has 0 spiro atoms. The normalized spacial score (nSPS) is 20.1. The van der Waals surface area contributed by atoms with Crippen LogP contribution in [-0.4, -0.2) is 34.6 Å². The van der Waals surface area contributed by atoms with Gasteiger partial charge < -0.3 is 24.8 Å². The Morgan fingerprint density at radius 2 is 0.759 bits per heavy atom. The first-order valence-corrected chi connectivity index (χ1v) is 35.8. The fourth-order valence-electron chi connectivity index (χ4n) is 8.84. The van der Waals surface area contributed by atoms with Crippen LogP contribution in [0.15, 0.2) is 41.2 Å². The molecular formula is C48H96Cl2N2O2Si2Ti2. The molecule has 0 aromatic carbocycles. The van der Waals surface area contributed by atoms with Crippen molar-refractivity contribution in [1.29, 1.82) is 0 Å². The molecule has 0 saturated heterocycles. The number of hydrogen-bond donors (Lipinski definition) is 2. The quantitative estimate of drug-likeness (QED) is 0.106. The average molecular weight is 956 g/mol. The molecule has 2 aliphatic carbocycles. The van der Waals surface area contributed by atoms with E-state index in [2.05, 4.69) is 173 Å². The summed E-state index contributed by atoms with van der Waals surface area (Å²) in [5, 5.41) is 0. The molecule has 0 aromatic rings. The molecule has 0 bridgehead atoms. The van der Waals surface area contributed by atoms with Gasteiger partial charge in [0.1, 0.15) is 0 Å². The second-order valence-corrected chi connectivity index (χ2v) is 47.3. The maximum atomic E-state index is 7.09. The Kier molecular flexibility index (Phi) is 26.5. The summed E-state index contributed by atoms with van der Waals surface area (Å²) in [6.45, 7) is 56.2. The smallest absolute Gasteiger partial charge is 1.00 e. The molecule has 58 heavy (non-hydrogen) atoms. The number of nitrogens with one attached hydrogen (secondary N) is 2. The number of rotatable bonds is 18. The number of unbranched alkanes of at least 4 members (excludes halogenated alkanes) is 6. The van der Waals surface area contributed by atoms with E-state index in [4.69, 9.17) is 8.85 Å². The molecule has 2 rings (SSSR count). The Balaban J connectivity index is 0. The van der Waals surface area contributed by atoms with Gasteiger partial charge in [-0.2, -0.15) is 0 Å². The van der Waals surface area contributed by atoms with Crippen molar-refractivity contribution in [2.75, 3.05) is 0 Å². The molecule has 0 fully saturated rings. The maximum Gasteiger partial charge on any atom is -1.00 e. The molecule has 0 aliphatic heterocycles. The largest absolute Gasteiger partial charge is 1.00 e. The van der Waals surface area contributed by atoms with Crippen LogP contribution in [0.2, 0.25) is 25.2 Å². The predicted molar refractivity (Wildman–Crippen MR) is 249 cm³/mol. The van der Waals surface area contributed by atoms with Crippen molar-refractivity contribution < 1.29 is 68.4 Å². The van der Waals surface area contributed by atoms with Gasteiger partial charge in [-0.05, 0) is 0 Å². The van der Waals surface area contributed by atoms with Crippen molar-refractivity contribution in [2.24, 2.45) is 11.8 Å². The van der Waals surface area contributed by atoms with E-state index >= 15 is 0 Å². The minimum atomic E-state index is -1.91. The molecule has 0 aromatic heterocycles. The van der Waals surface area contributed by atoms with Crippen LogP contribution in [-0.2, 0) is 43.6 Å². The zero-order valence-corrected chi connectivity index (χ0v) is 49.4. The van der Waals surface area contributed by atoms with E-state index in [0.29, 0.717) is 11.8 Å². The molecule has 4 atom stereocenters. The predicted octanol–water partition coefficient (Wildman–Crippen LogP) is 9.28. The molecule has 4 unspecified atom stereocenters. The van der Waals surface area contributed by atoms with Gasteiger partial charge >= 0.3 is 368 Å². The monoisotopic (exact) mass is 955 g/mol. The summed E-state index contributed by atoms with van der Waals surface area (Å²) in [5.74, 6) is 1.16. The summed E-state index contributed by atoms with van der Waals surface area (Å²) in [6, 6.07) is 2.59. The number of hydrogen-bond acceptors (Lipinski definition) is 4. The summed E-state index contributed by atoms with van der Waals surface area (Å²) < 4.78 is 26.2. The van der Waals surface area contributed by atoms with E-state index in [1.165, 1.54) is 74.6 Å². The van der Waals surface area contributed by atoms with Crippen LogP contribution in [0.25, 0.3) is 0 Å². The van der Waals surface area contributed by atoms with Gasteiger partial charge in [0.2, 0.25) is 0 Å². The van der Waals surface area contributed by atoms with Crippen LogP contribution >= 0.6 is 0 Å². The minimum Gasteiger partial charge on any atom is -1.00 e. The van der Waals surface area contributed by atoms with Gasteiger partial charge in [-0.25, -0.2) is 0 Å². The molecule has 2 aliphatic rings. The molecule has 0 heterocycles. The van der Waals surface area contributed by atoms with Gasteiger partial charge in [-0.1, -0.05) is 0 Å². The zero-order valence-electron chi connectivity index (χ0n) is 42.8. The van der Waals surface area contributed by atoms with Crippen molar-refractivity contribution in [3.05, 3.63) is 41.2 Å². The zero-order chi connectivity index (χ0) is 43.8. The van der Waals surface area contributed by atoms with Gasteiger partial charge in [0.15, 0.2) is 0 Å². The van der Waals surface area contributed by atoms with Gasteiger partial charge in [0.25, 0.3) is 0 Å². The number of halogens is 2. The molecular weight excluding hydrogens is 859 g/mol. The van der Waals surface area contributed by atoms with Crippen molar-refractivity contribution in [3.63, 3.8) is 0 Å². The second kappa shape index (κ2) is 25.1. The fraction of sp³-hybridized carbons (Fsp3) is 0.833. The van der Waals surface area contributed by atoms with Crippen LogP contribution in [0.4, 0.5) is 0 Å². The minimum absolute atomic E-state index is 0. The average Bonchev–Trinajstić information content (AvgIpc) is 3.33. The van der Waals surface area contributed by atoms with Crippen LogP contribution in [0, 0.1) is 11.8 Å². The molecule has 4 nitrogen and oxygen atoms in total. The van der Waals surface area contributed by atoms with Crippen LogP contribution in [0.3, 0.4) is 0 Å². The van der Waals surface area contributed by atoms with Crippen molar-refractivity contribution in [1.82, 2.24) is 7.60 Å². The first-order valence-electron chi connectivity index (χ1n) is 22.7. The summed E-state index contributed by atoms with van der Waals surface area (Å²) in [4.78, 5) is 0. The van der Waals surface area contributed by atoms with Crippen molar-refractivity contribution in [2.45, 2.75) is 251 Å². The topological polar surface area (TPSA) is 42.5 Å². The van der Waals surface area contributed by atoms with E-state index in [-0.39, 0.29) is 47.1 Å². The van der Waals surface area contributed by atoms with Gasteiger partial charge in [-0.15, -0.1) is 0 Å². The standard InChI is InChI=1S/2C11H25OSi.2C9H13.2C4H10N.2ClH.2Ti/c2*1-6-7-8-9-10-13(5)12-11(2,3)4;2*1-6-5-7(2)9(4)8(6)3;2*1-4(2,3)5;;;;/h2*6-10H2,1-5H3;2*6H,1-4H3;2*5H,1-3H3;2*1H;;/q;;;;2*-1;;;2*+2/p-2. The first-order chi connectivity index (χ1) is 25.3. The van der Waals surface area contributed by atoms with E-state index < -0.39 is 47.1 Å². The Morgan fingerprint density at radius 1 is 0.483 bits per heavy atom. The van der Waals surface area contributed by atoms with Gasteiger partial charge in [0.05, 0.1) is 0 Å². The van der Waals surface area contributed by atoms with Crippen LogP contribution in [0.5, 0.6) is 0 Å². The van der Waals surface area contributed by atoms with E-state index in [1.807, 2.05) is 0 Å². The molecule has 340 valence electrons. The Hall–Kier alpha value is 1.24. The van der Waals surface area contributed by atoms with Crippen molar-refractivity contribution >= 4 is 12.4 Å².